The molecule has 3 N–H and O–H groups in total. The molecule has 1 heterocycles. The molecule has 34 heavy (non-hydrogen) atoms. The van der Waals surface area contributed by atoms with E-state index in [0.717, 1.165) is 39.5 Å². The average molecular weight is 460 g/mol. The van der Waals surface area contributed by atoms with Crippen LogP contribution in [-0.4, -0.2) is 34.1 Å². The van der Waals surface area contributed by atoms with Gasteiger partial charge in [0, 0.05) is 29.7 Å². The van der Waals surface area contributed by atoms with Crippen molar-refractivity contribution in [2.75, 3.05) is 6.61 Å². The van der Waals surface area contributed by atoms with Crippen LogP contribution >= 0.6 is 0 Å². The van der Waals surface area contributed by atoms with Crippen molar-refractivity contribution < 1.29 is 19.1 Å². The number of aryl methyl sites for hydroxylation is 3. The number of ether oxygens (including phenoxy) is 1. The summed E-state index contributed by atoms with van der Waals surface area (Å²) in [6.45, 7) is 5.92. The molecule has 0 unspecified atom stereocenters. The van der Waals surface area contributed by atoms with Crippen molar-refractivity contribution in [1.82, 2.24) is 4.98 Å². The molecule has 0 saturated heterocycles. The van der Waals surface area contributed by atoms with Crippen molar-refractivity contribution in [3.05, 3.63) is 82.8 Å². The van der Waals surface area contributed by atoms with Crippen LogP contribution < -0.4 is 4.74 Å². The fourth-order valence-corrected chi connectivity index (χ4v) is 3.45. The van der Waals surface area contributed by atoms with E-state index < -0.39 is 5.97 Å². The number of rotatable bonds is 11. The van der Waals surface area contributed by atoms with Crippen molar-refractivity contribution in [2.24, 2.45) is 0 Å². The third-order valence-corrected chi connectivity index (χ3v) is 5.34. The molecule has 0 atom stereocenters. The number of allylic oxidation sites excluding steroid dienone is 2. The highest BCUT2D eigenvalue weighted by Gasteiger charge is 2.13. The maximum atomic E-state index is 10.8. The van der Waals surface area contributed by atoms with Gasteiger partial charge in [0.15, 0.2) is 0 Å². The number of carboxylic acids is 1. The van der Waals surface area contributed by atoms with E-state index in [1.165, 1.54) is 0 Å². The topological polar surface area (TPSA) is 120 Å². The molecule has 0 aliphatic carbocycles. The summed E-state index contributed by atoms with van der Waals surface area (Å²) in [7, 11) is 0. The molecule has 0 aliphatic heterocycles. The van der Waals surface area contributed by atoms with Crippen LogP contribution in [0.15, 0.2) is 59.0 Å². The number of oxazole rings is 1. The summed E-state index contributed by atoms with van der Waals surface area (Å²) in [5, 5.41) is 24.5. The molecule has 7 heteroatoms. The first-order chi connectivity index (χ1) is 16.2. The lowest BCUT2D eigenvalue weighted by atomic mass is 10.0. The minimum Gasteiger partial charge on any atom is -0.493 e. The van der Waals surface area contributed by atoms with Gasteiger partial charge in [-0.05, 0) is 74.7 Å². The number of carbonyl (C=O) groups is 1. The average Bonchev–Trinajstić information content (AvgIpc) is 3.17. The molecule has 0 fully saturated rings. The Morgan fingerprint density at radius 2 is 1.91 bits per heavy atom. The van der Waals surface area contributed by atoms with Gasteiger partial charge in [-0.2, -0.15) is 0 Å². The Morgan fingerprint density at radius 1 is 1.12 bits per heavy atom. The summed E-state index contributed by atoms with van der Waals surface area (Å²) in [5.74, 6) is 1.14. The quantitative estimate of drug-likeness (QED) is 0.324. The van der Waals surface area contributed by atoms with Crippen LogP contribution in [0.4, 0.5) is 0 Å². The fourth-order valence-electron chi connectivity index (χ4n) is 3.45. The molecule has 176 valence electrons. The zero-order chi connectivity index (χ0) is 24.7. The number of aromatic nitrogens is 1. The van der Waals surface area contributed by atoms with Crippen LogP contribution in [0, 0.1) is 24.7 Å². The third kappa shape index (κ3) is 6.75. The maximum Gasteiger partial charge on any atom is 0.303 e. The van der Waals surface area contributed by atoms with E-state index in [0.29, 0.717) is 36.8 Å². The van der Waals surface area contributed by atoms with Crippen molar-refractivity contribution in [3.8, 4) is 17.2 Å². The highest BCUT2D eigenvalue weighted by Crippen LogP contribution is 2.24. The first kappa shape index (κ1) is 24.6. The number of hydrogen-bond donors (Lipinski definition) is 3. The van der Waals surface area contributed by atoms with Crippen molar-refractivity contribution in [2.45, 2.75) is 40.0 Å². The lowest BCUT2D eigenvalue weighted by molar-refractivity contribution is -0.136. The molecular formula is C27H29N3O4. The number of benzene rings is 2. The lowest BCUT2D eigenvalue weighted by Gasteiger charge is -2.09. The number of hydrogen-bond acceptors (Lipinski definition) is 6. The molecule has 7 nitrogen and oxygen atoms in total. The largest absolute Gasteiger partial charge is 0.493 e. The molecule has 2 aromatic carbocycles. The van der Waals surface area contributed by atoms with E-state index in [9.17, 15) is 4.79 Å². The third-order valence-electron chi connectivity index (χ3n) is 5.34. The van der Waals surface area contributed by atoms with Crippen LogP contribution in [0.5, 0.6) is 5.75 Å². The molecule has 3 aromatic rings. The minimum absolute atomic E-state index is 0.110. The SMILES string of the molecule is CC(=N)/C=C\C(=N)c1cccc(-c2nc(CCOc3ccc(CCC(=O)O)c(C)c3)c(C)o2)c1. The van der Waals surface area contributed by atoms with Gasteiger partial charge in [0.2, 0.25) is 5.89 Å². The Morgan fingerprint density at radius 3 is 2.62 bits per heavy atom. The summed E-state index contributed by atoms with van der Waals surface area (Å²) in [6.07, 6.45) is 4.38. The summed E-state index contributed by atoms with van der Waals surface area (Å²) in [6, 6.07) is 13.1. The Bertz CT molecular complexity index is 1240. The Kier molecular flexibility index (Phi) is 8.14. The van der Waals surface area contributed by atoms with Crippen LogP contribution in [0.3, 0.4) is 0 Å². The van der Waals surface area contributed by atoms with Crippen LogP contribution in [-0.2, 0) is 17.6 Å². The van der Waals surface area contributed by atoms with Gasteiger partial charge in [0.1, 0.15) is 11.5 Å². The van der Waals surface area contributed by atoms with E-state index >= 15 is 0 Å². The second-order valence-corrected chi connectivity index (χ2v) is 8.11. The Labute approximate surface area is 199 Å². The maximum absolute atomic E-state index is 10.8. The van der Waals surface area contributed by atoms with Crippen LogP contribution in [0.1, 0.15) is 41.5 Å². The fraction of sp³-hybridized carbons (Fsp3) is 0.259. The zero-order valence-electron chi connectivity index (χ0n) is 19.6. The van der Waals surface area contributed by atoms with Crippen molar-refractivity contribution in [1.29, 1.82) is 10.8 Å². The number of aliphatic carboxylic acids is 1. The summed E-state index contributed by atoms with van der Waals surface area (Å²) in [5.41, 5.74) is 5.03. The number of carboxylic acid groups (broad SMARTS) is 1. The van der Waals surface area contributed by atoms with Gasteiger partial charge in [0.05, 0.1) is 18.0 Å². The second kappa shape index (κ2) is 11.2. The van der Waals surface area contributed by atoms with E-state index in [-0.39, 0.29) is 6.42 Å². The van der Waals surface area contributed by atoms with Gasteiger partial charge in [-0.25, -0.2) is 4.98 Å². The summed E-state index contributed by atoms with van der Waals surface area (Å²) < 4.78 is 11.8. The smallest absolute Gasteiger partial charge is 0.303 e. The number of nitrogens with zero attached hydrogens (tertiary/aromatic N) is 1. The molecule has 1 aromatic heterocycles. The van der Waals surface area contributed by atoms with E-state index in [1.807, 2.05) is 56.3 Å². The van der Waals surface area contributed by atoms with Gasteiger partial charge in [-0.1, -0.05) is 18.2 Å². The van der Waals surface area contributed by atoms with Crippen LogP contribution in [0.25, 0.3) is 11.5 Å². The van der Waals surface area contributed by atoms with Gasteiger partial charge in [-0.15, -0.1) is 0 Å². The summed E-state index contributed by atoms with van der Waals surface area (Å²) >= 11 is 0. The molecule has 0 radical (unpaired) electrons. The predicted octanol–water partition coefficient (Wildman–Crippen LogP) is 5.56. The van der Waals surface area contributed by atoms with Gasteiger partial charge in [-0.3, -0.25) is 4.79 Å². The highest BCUT2D eigenvalue weighted by atomic mass is 16.5. The Hall–Kier alpha value is -4.00. The number of nitrogens with one attached hydrogen (secondary N) is 2. The Balaban J connectivity index is 1.63. The molecule has 0 bridgehead atoms. The standard InChI is InChI=1S/C27H29N3O4/c1-17-15-23(10-8-20(17)9-12-26(31)32)33-14-13-25-19(3)34-27(30-25)22-6-4-5-21(16-22)24(29)11-7-18(2)28/h4-8,10-11,15-16,28-29H,9,12-14H2,1-3H3,(H,31,32)/b11-7-,28-18?,29-24?. The normalized spacial score (nSPS) is 11.0. The van der Waals surface area contributed by atoms with E-state index in [2.05, 4.69) is 4.98 Å². The second-order valence-electron chi connectivity index (χ2n) is 8.11. The highest BCUT2D eigenvalue weighted by molar-refractivity contribution is 6.10. The zero-order valence-corrected chi connectivity index (χ0v) is 19.6. The van der Waals surface area contributed by atoms with Gasteiger partial charge in [0.25, 0.3) is 0 Å². The van der Waals surface area contributed by atoms with Crippen molar-refractivity contribution >= 4 is 17.4 Å². The molecular weight excluding hydrogens is 430 g/mol. The molecule has 3 rings (SSSR count). The first-order valence-corrected chi connectivity index (χ1v) is 11.1. The monoisotopic (exact) mass is 459 g/mol. The lowest BCUT2D eigenvalue weighted by Crippen LogP contribution is -2.04. The summed E-state index contributed by atoms with van der Waals surface area (Å²) in [4.78, 5) is 15.4. The molecule has 0 aliphatic rings. The predicted molar refractivity (Wildman–Crippen MR) is 132 cm³/mol. The first-order valence-electron chi connectivity index (χ1n) is 11.1. The van der Waals surface area contributed by atoms with E-state index in [1.54, 1.807) is 19.1 Å². The van der Waals surface area contributed by atoms with Crippen LogP contribution in [0.2, 0.25) is 0 Å². The van der Waals surface area contributed by atoms with E-state index in [4.69, 9.17) is 25.1 Å². The van der Waals surface area contributed by atoms with Gasteiger partial charge < -0.3 is 25.1 Å². The van der Waals surface area contributed by atoms with Crippen molar-refractivity contribution in [3.63, 3.8) is 0 Å². The van der Waals surface area contributed by atoms with Gasteiger partial charge >= 0.3 is 5.97 Å². The minimum atomic E-state index is -0.804. The molecule has 0 amide bonds. The molecule has 0 spiro atoms. The molecule has 0 saturated carbocycles.